The van der Waals surface area contributed by atoms with Gasteiger partial charge in [0.1, 0.15) is 11.4 Å². The van der Waals surface area contributed by atoms with Gasteiger partial charge in [0.15, 0.2) is 0 Å². The number of nitrogens with zero attached hydrogens (tertiary/aromatic N) is 2. The molecular formula is C14H17N3O7. The number of nitrogens with one attached hydrogen (secondary N) is 1. The van der Waals surface area contributed by atoms with Crippen molar-refractivity contribution in [3.05, 3.63) is 28.3 Å². The van der Waals surface area contributed by atoms with E-state index in [1.807, 2.05) is 0 Å². The van der Waals surface area contributed by atoms with Crippen molar-refractivity contribution in [3.8, 4) is 5.75 Å². The summed E-state index contributed by atoms with van der Waals surface area (Å²) >= 11 is 0. The zero-order valence-electron chi connectivity index (χ0n) is 13.4. The molecule has 0 aliphatic carbocycles. The molecule has 0 saturated carbocycles. The normalized spacial score (nSPS) is 9.62. The van der Waals surface area contributed by atoms with Crippen molar-refractivity contribution in [2.45, 2.75) is 13.8 Å². The average molecular weight is 339 g/mol. The van der Waals surface area contributed by atoms with E-state index in [9.17, 15) is 19.7 Å². The van der Waals surface area contributed by atoms with Crippen molar-refractivity contribution in [1.29, 1.82) is 0 Å². The van der Waals surface area contributed by atoms with Crippen molar-refractivity contribution in [2.24, 2.45) is 5.10 Å². The topological polar surface area (TPSA) is 129 Å². The number of hydrogen-bond donors (Lipinski definition) is 1. The summed E-state index contributed by atoms with van der Waals surface area (Å²) < 4.78 is 14.3. The van der Waals surface area contributed by atoms with Gasteiger partial charge in [0, 0.05) is 0 Å². The first-order valence-electron chi connectivity index (χ1n) is 6.94. The minimum absolute atomic E-state index is 0.0277. The maximum Gasteiger partial charge on any atom is 0.366 e. The Kier molecular flexibility index (Phi) is 7.14. The smallest absolute Gasteiger partial charge is 0.366 e. The zero-order chi connectivity index (χ0) is 18.1. The lowest BCUT2D eigenvalue weighted by Gasteiger charge is -2.07. The Morgan fingerprint density at radius 3 is 2.25 bits per heavy atom. The molecule has 0 bridgehead atoms. The number of carbonyl (C=O) groups excluding carboxylic acids is 2. The number of nitro groups is 1. The summed E-state index contributed by atoms with van der Waals surface area (Å²) in [5, 5.41) is 14.7. The van der Waals surface area contributed by atoms with Gasteiger partial charge in [-0.05, 0) is 26.0 Å². The number of rotatable bonds is 8. The molecule has 0 heterocycles. The molecule has 1 aromatic rings. The molecule has 0 aromatic heterocycles. The molecule has 1 rings (SSSR count). The molecule has 130 valence electrons. The van der Waals surface area contributed by atoms with Gasteiger partial charge in [-0.15, -0.1) is 0 Å². The van der Waals surface area contributed by atoms with Gasteiger partial charge in [0.25, 0.3) is 11.4 Å². The van der Waals surface area contributed by atoms with Crippen molar-refractivity contribution >= 4 is 29.0 Å². The SMILES string of the molecule is CCOC(=O)C(=NNc1ccc(OC)cc1[N+](=O)[O-])C(=O)OCC. The standard InChI is InChI=1S/C14H17N3O7/c1-4-23-13(18)12(14(19)24-5-2)16-15-10-7-6-9(22-3)8-11(10)17(20)21/h6-8,15H,4-5H2,1-3H3. The molecule has 0 atom stereocenters. The highest BCUT2D eigenvalue weighted by Gasteiger charge is 2.24. The molecule has 10 nitrogen and oxygen atoms in total. The van der Waals surface area contributed by atoms with Crippen LogP contribution in [-0.4, -0.2) is 42.9 Å². The molecular weight excluding hydrogens is 322 g/mol. The van der Waals surface area contributed by atoms with E-state index in [2.05, 4.69) is 10.5 Å². The van der Waals surface area contributed by atoms with Crippen molar-refractivity contribution in [3.63, 3.8) is 0 Å². The number of methoxy groups -OCH3 is 1. The van der Waals surface area contributed by atoms with Gasteiger partial charge < -0.3 is 14.2 Å². The second-order valence-corrected chi connectivity index (χ2v) is 4.15. The minimum Gasteiger partial charge on any atom is -0.496 e. The number of hydrazone groups is 1. The summed E-state index contributed by atoms with van der Waals surface area (Å²) in [6, 6.07) is 3.96. The number of ether oxygens (including phenoxy) is 3. The number of nitro benzene ring substituents is 1. The van der Waals surface area contributed by atoms with Gasteiger partial charge >= 0.3 is 11.9 Å². The Balaban J connectivity index is 3.14. The summed E-state index contributed by atoms with van der Waals surface area (Å²) in [4.78, 5) is 33.9. The third-order valence-corrected chi connectivity index (χ3v) is 2.63. The fraction of sp³-hybridized carbons (Fsp3) is 0.357. The van der Waals surface area contributed by atoms with Crippen LogP contribution in [0.25, 0.3) is 0 Å². The minimum atomic E-state index is -1.00. The molecule has 0 fully saturated rings. The molecule has 0 saturated heterocycles. The third-order valence-electron chi connectivity index (χ3n) is 2.63. The monoisotopic (exact) mass is 339 g/mol. The molecule has 0 aliphatic rings. The zero-order valence-corrected chi connectivity index (χ0v) is 13.4. The first-order valence-corrected chi connectivity index (χ1v) is 6.94. The Labute approximate surface area is 137 Å². The summed E-state index contributed by atoms with van der Waals surface area (Å²) in [6.07, 6.45) is 0. The van der Waals surface area contributed by atoms with Crippen molar-refractivity contribution in [1.82, 2.24) is 0 Å². The van der Waals surface area contributed by atoms with Crippen LogP contribution >= 0.6 is 0 Å². The quantitative estimate of drug-likeness (QED) is 0.248. The Morgan fingerprint density at radius 1 is 1.21 bits per heavy atom. The Morgan fingerprint density at radius 2 is 1.79 bits per heavy atom. The first kappa shape index (κ1) is 18.9. The number of carbonyl (C=O) groups is 2. The van der Waals surface area contributed by atoms with E-state index in [0.717, 1.165) is 0 Å². The highest BCUT2D eigenvalue weighted by Crippen LogP contribution is 2.28. The lowest BCUT2D eigenvalue weighted by Crippen LogP contribution is -2.29. The largest absolute Gasteiger partial charge is 0.496 e. The lowest BCUT2D eigenvalue weighted by molar-refractivity contribution is -0.384. The van der Waals surface area contributed by atoms with Crippen LogP contribution in [0.3, 0.4) is 0 Å². The first-order chi connectivity index (χ1) is 11.4. The predicted octanol–water partition coefficient (Wildman–Crippen LogP) is 1.50. The van der Waals surface area contributed by atoms with E-state index < -0.39 is 22.6 Å². The van der Waals surface area contributed by atoms with E-state index in [-0.39, 0.29) is 30.3 Å². The van der Waals surface area contributed by atoms with Crippen LogP contribution in [0.1, 0.15) is 13.8 Å². The molecule has 10 heteroatoms. The van der Waals surface area contributed by atoms with Crippen LogP contribution < -0.4 is 10.2 Å². The average Bonchev–Trinajstić information content (AvgIpc) is 2.55. The van der Waals surface area contributed by atoms with Crippen molar-refractivity contribution in [2.75, 3.05) is 25.7 Å². The number of esters is 2. The number of benzene rings is 1. The fourth-order valence-corrected chi connectivity index (χ4v) is 1.57. The van der Waals surface area contributed by atoms with Crippen LogP contribution in [0.15, 0.2) is 23.3 Å². The lowest BCUT2D eigenvalue weighted by atomic mass is 10.2. The predicted molar refractivity (Wildman–Crippen MR) is 84.0 cm³/mol. The summed E-state index contributed by atoms with van der Waals surface area (Å²) in [6.45, 7) is 3.17. The van der Waals surface area contributed by atoms with Gasteiger partial charge in [0.05, 0.1) is 31.3 Å². The highest BCUT2D eigenvalue weighted by molar-refractivity contribution is 6.62. The summed E-state index contributed by atoms with van der Waals surface area (Å²) in [5.41, 5.74) is 1.29. The summed E-state index contributed by atoms with van der Waals surface area (Å²) in [5.74, 6) is -1.73. The molecule has 0 spiro atoms. The van der Waals surface area contributed by atoms with Gasteiger partial charge in [0.2, 0.25) is 0 Å². The van der Waals surface area contributed by atoms with Gasteiger partial charge in [-0.2, -0.15) is 5.10 Å². The van der Waals surface area contributed by atoms with Crippen LogP contribution in [0.2, 0.25) is 0 Å². The maximum absolute atomic E-state index is 11.8. The van der Waals surface area contributed by atoms with E-state index in [1.54, 1.807) is 13.8 Å². The Hall–Kier alpha value is -3.17. The van der Waals surface area contributed by atoms with E-state index in [1.165, 1.54) is 25.3 Å². The van der Waals surface area contributed by atoms with Crippen LogP contribution in [-0.2, 0) is 19.1 Å². The van der Waals surface area contributed by atoms with E-state index in [0.29, 0.717) is 0 Å². The van der Waals surface area contributed by atoms with Gasteiger partial charge in [-0.25, -0.2) is 9.59 Å². The van der Waals surface area contributed by atoms with E-state index in [4.69, 9.17) is 14.2 Å². The Bertz CT molecular complexity index is 638. The number of anilines is 1. The van der Waals surface area contributed by atoms with E-state index >= 15 is 0 Å². The molecule has 0 aliphatic heterocycles. The molecule has 24 heavy (non-hydrogen) atoms. The second kappa shape index (κ2) is 9.08. The number of hydrogen-bond acceptors (Lipinski definition) is 9. The second-order valence-electron chi connectivity index (χ2n) is 4.15. The maximum atomic E-state index is 11.8. The summed E-state index contributed by atoms with van der Waals surface area (Å²) in [7, 11) is 1.37. The van der Waals surface area contributed by atoms with Gasteiger partial charge in [-0.1, -0.05) is 0 Å². The molecule has 1 aromatic carbocycles. The molecule has 0 radical (unpaired) electrons. The van der Waals surface area contributed by atoms with Crippen LogP contribution in [0.4, 0.5) is 11.4 Å². The molecule has 0 amide bonds. The fourth-order valence-electron chi connectivity index (χ4n) is 1.57. The van der Waals surface area contributed by atoms with Gasteiger partial charge in [-0.3, -0.25) is 15.5 Å². The third kappa shape index (κ3) is 4.93. The molecule has 1 N–H and O–H groups in total. The van der Waals surface area contributed by atoms with Crippen LogP contribution in [0.5, 0.6) is 5.75 Å². The van der Waals surface area contributed by atoms with Crippen LogP contribution in [0, 0.1) is 10.1 Å². The highest BCUT2D eigenvalue weighted by atomic mass is 16.6. The van der Waals surface area contributed by atoms with Crippen molar-refractivity contribution < 1.29 is 28.7 Å². The molecule has 0 unspecified atom stereocenters.